The molecule has 0 aliphatic heterocycles. The first-order valence-electron chi connectivity index (χ1n) is 13.4. The molecule has 7 aromatic rings. The molecular formula is C36H26N4. The van der Waals surface area contributed by atoms with Crippen LogP contribution >= 0.6 is 0 Å². The molecule has 0 spiro atoms. The number of para-hydroxylation sites is 5. The van der Waals surface area contributed by atoms with Crippen LogP contribution < -0.4 is 4.90 Å². The highest BCUT2D eigenvalue weighted by Gasteiger charge is 2.16. The van der Waals surface area contributed by atoms with Crippen LogP contribution in [0.2, 0.25) is 0 Å². The molecular weight excluding hydrogens is 488 g/mol. The Morgan fingerprint density at radius 3 is 1.65 bits per heavy atom. The normalized spacial score (nSPS) is 11.0. The number of hydrogen-bond donors (Lipinski definition) is 0. The topological polar surface area (TPSA) is 34.0 Å². The van der Waals surface area contributed by atoms with Crippen molar-refractivity contribution in [1.29, 1.82) is 0 Å². The summed E-state index contributed by atoms with van der Waals surface area (Å²) in [6.45, 7) is 0. The van der Waals surface area contributed by atoms with Gasteiger partial charge in [0.05, 0.1) is 11.0 Å². The van der Waals surface area contributed by atoms with E-state index in [-0.39, 0.29) is 0 Å². The van der Waals surface area contributed by atoms with Crippen molar-refractivity contribution in [3.63, 3.8) is 0 Å². The third-order valence-electron chi connectivity index (χ3n) is 7.06. The molecule has 0 saturated heterocycles. The molecule has 0 atom stereocenters. The summed E-state index contributed by atoms with van der Waals surface area (Å²) in [5.41, 5.74) is 9.42. The van der Waals surface area contributed by atoms with Crippen LogP contribution in [0.3, 0.4) is 0 Å². The van der Waals surface area contributed by atoms with E-state index in [1.807, 2.05) is 54.7 Å². The number of rotatable bonds is 6. The summed E-state index contributed by atoms with van der Waals surface area (Å²) in [5.74, 6) is 0.829. The second kappa shape index (κ2) is 10.4. The van der Waals surface area contributed by atoms with Gasteiger partial charge in [0.1, 0.15) is 5.69 Å². The number of pyridine rings is 1. The van der Waals surface area contributed by atoms with E-state index in [0.29, 0.717) is 0 Å². The van der Waals surface area contributed by atoms with Gasteiger partial charge in [0.15, 0.2) is 5.82 Å². The zero-order valence-electron chi connectivity index (χ0n) is 21.8. The molecule has 40 heavy (non-hydrogen) atoms. The molecule has 7 rings (SSSR count). The molecule has 5 aromatic carbocycles. The first-order chi connectivity index (χ1) is 19.8. The van der Waals surface area contributed by atoms with E-state index in [2.05, 4.69) is 113 Å². The Morgan fingerprint density at radius 2 is 1.02 bits per heavy atom. The molecule has 4 nitrogen and oxygen atoms in total. The maximum absolute atomic E-state index is 4.95. The van der Waals surface area contributed by atoms with Crippen molar-refractivity contribution in [1.82, 2.24) is 14.5 Å². The fraction of sp³-hybridized carbons (Fsp3) is 0. The van der Waals surface area contributed by atoms with Crippen molar-refractivity contribution in [2.45, 2.75) is 0 Å². The van der Waals surface area contributed by atoms with Crippen molar-refractivity contribution in [3.8, 4) is 28.3 Å². The molecule has 0 radical (unpaired) electrons. The van der Waals surface area contributed by atoms with E-state index in [9.17, 15) is 0 Å². The summed E-state index contributed by atoms with van der Waals surface area (Å²) in [7, 11) is 0. The van der Waals surface area contributed by atoms with Crippen molar-refractivity contribution < 1.29 is 0 Å². The van der Waals surface area contributed by atoms with Crippen LogP contribution in [-0.2, 0) is 0 Å². The second-order valence-corrected chi connectivity index (χ2v) is 9.58. The Hall–Kier alpha value is -5.48. The lowest BCUT2D eigenvalue weighted by Crippen LogP contribution is -2.09. The van der Waals surface area contributed by atoms with Gasteiger partial charge in [0.2, 0.25) is 0 Å². The molecule has 2 aromatic heterocycles. The van der Waals surface area contributed by atoms with E-state index in [0.717, 1.165) is 56.4 Å². The van der Waals surface area contributed by atoms with Gasteiger partial charge < -0.3 is 4.90 Å². The molecule has 0 unspecified atom stereocenters. The van der Waals surface area contributed by atoms with Gasteiger partial charge in [-0.2, -0.15) is 0 Å². The standard InChI is InChI=1S/C36H26N4/c1-4-12-29(13-5-1)39(30-14-6-2-7-15-30)32-23-20-27(21-24-32)28-22-25-34(37-26-28)36-38-33-18-10-11-19-35(33)40(36)31-16-8-3-9-17-31/h1-26H. The van der Waals surface area contributed by atoms with E-state index in [1.165, 1.54) is 0 Å². The smallest absolute Gasteiger partial charge is 0.164 e. The Balaban J connectivity index is 1.23. The Kier molecular flexibility index (Phi) is 6.11. The zero-order valence-corrected chi connectivity index (χ0v) is 21.8. The van der Waals surface area contributed by atoms with Crippen molar-refractivity contribution in [2.24, 2.45) is 0 Å². The minimum atomic E-state index is 0.829. The molecule has 0 amide bonds. The molecule has 0 aliphatic rings. The quantitative estimate of drug-likeness (QED) is 0.222. The highest BCUT2D eigenvalue weighted by Crippen LogP contribution is 2.35. The molecule has 0 aliphatic carbocycles. The lowest BCUT2D eigenvalue weighted by atomic mass is 10.1. The van der Waals surface area contributed by atoms with Gasteiger partial charge in [-0.15, -0.1) is 0 Å². The van der Waals surface area contributed by atoms with Crippen LogP contribution in [0.25, 0.3) is 39.4 Å². The van der Waals surface area contributed by atoms with Crippen LogP contribution in [0.4, 0.5) is 17.1 Å². The maximum Gasteiger partial charge on any atom is 0.164 e. The first kappa shape index (κ1) is 23.6. The molecule has 0 N–H and O–H groups in total. The van der Waals surface area contributed by atoms with Gasteiger partial charge in [-0.25, -0.2) is 4.98 Å². The molecule has 2 heterocycles. The number of imidazole rings is 1. The van der Waals surface area contributed by atoms with Gasteiger partial charge in [-0.1, -0.05) is 84.9 Å². The van der Waals surface area contributed by atoms with E-state index in [4.69, 9.17) is 9.97 Å². The SMILES string of the molecule is c1ccc(N(c2ccccc2)c2ccc(-c3ccc(-c4nc5ccccc5n4-c4ccccc4)nc3)cc2)cc1. The molecule has 190 valence electrons. The van der Waals surface area contributed by atoms with Gasteiger partial charge in [0, 0.05) is 34.5 Å². The molecule has 0 saturated carbocycles. The van der Waals surface area contributed by atoms with E-state index in [1.54, 1.807) is 0 Å². The lowest BCUT2D eigenvalue weighted by Gasteiger charge is -2.25. The van der Waals surface area contributed by atoms with Gasteiger partial charge in [-0.3, -0.25) is 9.55 Å². The predicted octanol–water partition coefficient (Wildman–Crippen LogP) is 9.22. The van der Waals surface area contributed by atoms with Gasteiger partial charge in [-0.05, 0) is 72.3 Å². The monoisotopic (exact) mass is 514 g/mol. The lowest BCUT2D eigenvalue weighted by molar-refractivity contribution is 1.08. The second-order valence-electron chi connectivity index (χ2n) is 9.58. The summed E-state index contributed by atoms with van der Waals surface area (Å²) in [6, 6.07) is 52.2. The van der Waals surface area contributed by atoms with E-state index < -0.39 is 0 Å². The summed E-state index contributed by atoms with van der Waals surface area (Å²) >= 11 is 0. The number of benzene rings is 5. The maximum atomic E-state index is 4.95. The number of anilines is 3. The third kappa shape index (κ3) is 4.42. The van der Waals surface area contributed by atoms with Crippen LogP contribution in [-0.4, -0.2) is 14.5 Å². The van der Waals surface area contributed by atoms with Crippen LogP contribution in [0.1, 0.15) is 0 Å². The Morgan fingerprint density at radius 1 is 0.475 bits per heavy atom. The average Bonchev–Trinajstić information content (AvgIpc) is 3.43. The average molecular weight is 515 g/mol. The molecule has 0 bridgehead atoms. The molecule has 4 heteroatoms. The predicted molar refractivity (Wildman–Crippen MR) is 164 cm³/mol. The number of aromatic nitrogens is 3. The third-order valence-corrected chi connectivity index (χ3v) is 7.06. The van der Waals surface area contributed by atoms with Crippen molar-refractivity contribution in [2.75, 3.05) is 4.90 Å². The highest BCUT2D eigenvalue weighted by atomic mass is 15.1. The number of nitrogens with zero attached hydrogens (tertiary/aromatic N) is 4. The van der Waals surface area contributed by atoms with Crippen molar-refractivity contribution >= 4 is 28.1 Å². The summed E-state index contributed by atoms with van der Waals surface area (Å²) in [6.07, 6.45) is 1.94. The highest BCUT2D eigenvalue weighted by molar-refractivity contribution is 5.83. The summed E-state index contributed by atoms with van der Waals surface area (Å²) in [4.78, 5) is 12.1. The van der Waals surface area contributed by atoms with Crippen molar-refractivity contribution in [3.05, 3.63) is 158 Å². The van der Waals surface area contributed by atoms with Crippen LogP contribution in [0.15, 0.2) is 158 Å². The largest absolute Gasteiger partial charge is 0.311 e. The fourth-order valence-corrected chi connectivity index (χ4v) is 5.14. The summed E-state index contributed by atoms with van der Waals surface area (Å²) < 4.78 is 2.17. The number of hydrogen-bond acceptors (Lipinski definition) is 3. The first-order valence-corrected chi connectivity index (χ1v) is 13.4. The summed E-state index contributed by atoms with van der Waals surface area (Å²) in [5, 5.41) is 0. The van der Waals surface area contributed by atoms with Gasteiger partial charge in [0.25, 0.3) is 0 Å². The zero-order chi connectivity index (χ0) is 26.7. The Bertz CT molecular complexity index is 1820. The Labute approximate surface area is 233 Å². The van der Waals surface area contributed by atoms with Gasteiger partial charge >= 0.3 is 0 Å². The fourth-order valence-electron chi connectivity index (χ4n) is 5.14. The molecule has 0 fully saturated rings. The van der Waals surface area contributed by atoms with Crippen LogP contribution in [0, 0.1) is 0 Å². The minimum Gasteiger partial charge on any atom is -0.311 e. The minimum absolute atomic E-state index is 0.829. The van der Waals surface area contributed by atoms with E-state index >= 15 is 0 Å². The van der Waals surface area contributed by atoms with Crippen LogP contribution in [0.5, 0.6) is 0 Å². The number of fused-ring (bicyclic) bond motifs is 1.